The predicted molar refractivity (Wildman–Crippen MR) is 107 cm³/mol. The van der Waals surface area contributed by atoms with Gasteiger partial charge in [-0.25, -0.2) is 5.43 Å². The molecule has 3 aromatic heterocycles. The number of hydrazine groups is 1. The molecule has 0 saturated carbocycles. The number of carbonyl (C=O) groups excluding carboxylic acids is 1. The number of carbonyl (C=O) groups is 1. The van der Waals surface area contributed by atoms with Crippen molar-refractivity contribution < 1.29 is 13.8 Å². The quantitative estimate of drug-likeness (QED) is 0.480. The molecule has 0 saturated heterocycles. The van der Waals surface area contributed by atoms with Gasteiger partial charge in [-0.15, -0.1) is 0 Å². The van der Waals surface area contributed by atoms with E-state index in [1.54, 1.807) is 48.8 Å². The molecule has 1 aromatic carbocycles. The van der Waals surface area contributed by atoms with Gasteiger partial charge in [0.2, 0.25) is 5.82 Å². The van der Waals surface area contributed by atoms with Gasteiger partial charge in [0.15, 0.2) is 5.82 Å². The third-order valence-electron chi connectivity index (χ3n) is 4.15. The maximum atomic E-state index is 12.7. The Morgan fingerprint density at radius 2 is 1.73 bits per heavy atom. The van der Waals surface area contributed by atoms with Gasteiger partial charge in [-0.05, 0) is 24.3 Å². The Hall–Kier alpha value is -4.08. The smallest absolute Gasteiger partial charge is 0.334 e. The molecular formula is C20H19N7O3. The van der Waals surface area contributed by atoms with E-state index >= 15 is 0 Å². The molecule has 30 heavy (non-hydrogen) atoms. The van der Waals surface area contributed by atoms with Crippen molar-refractivity contribution in [3.8, 4) is 22.8 Å². The molecule has 0 fully saturated rings. The Bertz CT molecular complexity index is 1160. The lowest BCUT2D eigenvalue weighted by molar-refractivity contribution is 0.0961. The highest BCUT2D eigenvalue weighted by atomic mass is 16.5. The van der Waals surface area contributed by atoms with E-state index in [0.29, 0.717) is 22.8 Å². The molecule has 0 unspecified atom stereocenters. The van der Waals surface area contributed by atoms with Crippen molar-refractivity contribution in [1.82, 2.24) is 30.7 Å². The molecule has 4 aromatic rings. The molecule has 0 spiro atoms. The van der Waals surface area contributed by atoms with Crippen LogP contribution >= 0.6 is 0 Å². The fourth-order valence-corrected chi connectivity index (χ4v) is 2.58. The van der Waals surface area contributed by atoms with Crippen molar-refractivity contribution in [2.75, 3.05) is 5.43 Å². The van der Waals surface area contributed by atoms with Gasteiger partial charge in [0.05, 0.1) is 11.1 Å². The summed E-state index contributed by atoms with van der Waals surface area (Å²) in [6.45, 7) is 5.94. The molecule has 0 aliphatic heterocycles. The average Bonchev–Trinajstić information content (AvgIpc) is 3.42. The monoisotopic (exact) mass is 405 g/mol. The number of pyridine rings is 1. The van der Waals surface area contributed by atoms with Gasteiger partial charge < -0.3 is 9.05 Å². The summed E-state index contributed by atoms with van der Waals surface area (Å²) in [6, 6.07) is 10.5. The molecule has 10 nitrogen and oxygen atoms in total. The Morgan fingerprint density at radius 3 is 2.47 bits per heavy atom. The fourth-order valence-electron chi connectivity index (χ4n) is 2.58. The number of rotatable bonds is 5. The van der Waals surface area contributed by atoms with Crippen molar-refractivity contribution >= 4 is 11.9 Å². The van der Waals surface area contributed by atoms with Crippen LogP contribution in [0.2, 0.25) is 0 Å². The van der Waals surface area contributed by atoms with E-state index in [-0.39, 0.29) is 17.3 Å². The Balaban J connectivity index is 1.50. The molecule has 4 rings (SSSR count). The topological polar surface area (TPSA) is 132 Å². The van der Waals surface area contributed by atoms with Crippen molar-refractivity contribution in [1.29, 1.82) is 0 Å². The maximum absolute atomic E-state index is 12.7. The lowest BCUT2D eigenvalue weighted by Gasteiger charge is -2.11. The van der Waals surface area contributed by atoms with E-state index in [0.717, 1.165) is 5.56 Å². The summed E-state index contributed by atoms with van der Waals surface area (Å²) in [7, 11) is 0. The number of hydrogen-bond donors (Lipinski definition) is 2. The van der Waals surface area contributed by atoms with Crippen molar-refractivity contribution in [2.45, 2.75) is 26.2 Å². The fraction of sp³-hybridized carbons (Fsp3) is 0.200. The van der Waals surface area contributed by atoms with Crippen LogP contribution in [0.1, 0.15) is 37.0 Å². The zero-order chi connectivity index (χ0) is 21.1. The molecule has 0 aliphatic rings. The Labute approximate surface area is 171 Å². The summed E-state index contributed by atoms with van der Waals surface area (Å²) in [5.41, 5.74) is 6.49. The van der Waals surface area contributed by atoms with Crippen LogP contribution in [0.3, 0.4) is 0 Å². The largest absolute Gasteiger partial charge is 0.340 e. The molecule has 0 atom stereocenters. The minimum atomic E-state index is -0.426. The van der Waals surface area contributed by atoms with Crippen LogP contribution in [0, 0.1) is 0 Å². The number of hydrogen-bond acceptors (Lipinski definition) is 9. The van der Waals surface area contributed by atoms with Gasteiger partial charge in [-0.3, -0.25) is 15.2 Å². The van der Waals surface area contributed by atoms with E-state index in [2.05, 4.69) is 36.1 Å². The van der Waals surface area contributed by atoms with E-state index < -0.39 is 5.91 Å². The van der Waals surface area contributed by atoms with Crippen molar-refractivity contribution in [3.05, 3.63) is 60.2 Å². The van der Waals surface area contributed by atoms with E-state index in [4.69, 9.17) is 9.05 Å². The van der Waals surface area contributed by atoms with Gasteiger partial charge in [0.25, 0.3) is 11.8 Å². The minimum absolute atomic E-state index is 0.0421. The van der Waals surface area contributed by atoms with E-state index in [9.17, 15) is 4.79 Å². The summed E-state index contributed by atoms with van der Waals surface area (Å²) in [4.78, 5) is 25.3. The van der Waals surface area contributed by atoms with Crippen LogP contribution in [0.5, 0.6) is 0 Å². The molecule has 1 amide bonds. The first-order chi connectivity index (χ1) is 14.4. The summed E-state index contributed by atoms with van der Waals surface area (Å²) in [5.74, 6) is 0.767. The molecule has 0 aliphatic carbocycles. The van der Waals surface area contributed by atoms with Crippen LogP contribution < -0.4 is 10.9 Å². The second-order valence-electron chi connectivity index (χ2n) is 7.46. The highest BCUT2D eigenvalue weighted by Crippen LogP contribution is 2.26. The number of nitrogens with zero attached hydrogens (tertiary/aromatic N) is 5. The van der Waals surface area contributed by atoms with Gasteiger partial charge in [-0.1, -0.05) is 43.2 Å². The van der Waals surface area contributed by atoms with Gasteiger partial charge in [0.1, 0.15) is 0 Å². The van der Waals surface area contributed by atoms with Crippen LogP contribution in [0.25, 0.3) is 22.8 Å². The Morgan fingerprint density at radius 1 is 0.967 bits per heavy atom. The normalized spacial score (nSPS) is 11.3. The summed E-state index contributed by atoms with van der Waals surface area (Å²) >= 11 is 0. The molecule has 0 bridgehead atoms. The third-order valence-corrected chi connectivity index (χ3v) is 4.15. The summed E-state index contributed by atoms with van der Waals surface area (Å²) < 4.78 is 10.5. The molecule has 152 valence electrons. The van der Waals surface area contributed by atoms with Crippen LogP contribution in [0.4, 0.5) is 6.01 Å². The van der Waals surface area contributed by atoms with Crippen LogP contribution in [0.15, 0.2) is 57.8 Å². The molecule has 2 N–H and O–H groups in total. The molecule has 10 heteroatoms. The second-order valence-corrected chi connectivity index (χ2v) is 7.46. The number of amides is 1. The average molecular weight is 405 g/mol. The van der Waals surface area contributed by atoms with E-state index in [1.807, 2.05) is 20.8 Å². The number of nitrogens with one attached hydrogen (secondary N) is 2. The summed E-state index contributed by atoms with van der Waals surface area (Å²) in [5, 5.41) is 7.89. The highest BCUT2D eigenvalue weighted by Gasteiger charge is 2.23. The number of aromatic nitrogens is 5. The van der Waals surface area contributed by atoms with Crippen LogP contribution in [-0.2, 0) is 5.41 Å². The number of anilines is 1. The lowest BCUT2D eigenvalue weighted by atomic mass is 9.96. The van der Waals surface area contributed by atoms with E-state index in [1.165, 1.54) is 0 Å². The number of benzene rings is 1. The molecule has 3 heterocycles. The van der Waals surface area contributed by atoms with Crippen molar-refractivity contribution in [2.24, 2.45) is 0 Å². The SMILES string of the molecule is CC(C)(C)c1noc(-c2ccccc2C(=O)NNc2nc(-c3ccncc3)no2)n1. The zero-order valence-corrected chi connectivity index (χ0v) is 16.6. The lowest BCUT2D eigenvalue weighted by Crippen LogP contribution is -2.30. The molecule has 0 radical (unpaired) electrons. The second kappa shape index (κ2) is 7.74. The minimum Gasteiger partial charge on any atom is -0.334 e. The first-order valence-corrected chi connectivity index (χ1v) is 9.16. The third kappa shape index (κ3) is 4.02. The predicted octanol–water partition coefficient (Wildman–Crippen LogP) is 3.24. The Kier molecular flexibility index (Phi) is 4.97. The zero-order valence-electron chi connectivity index (χ0n) is 16.6. The maximum Gasteiger partial charge on any atom is 0.340 e. The standard InChI is InChI=1S/C20H19N7O3/c1-20(2,3)18-23-17(29-27-18)14-7-5-4-6-13(14)16(28)24-25-19-22-15(26-30-19)12-8-10-21-11-9-12/h4-11H,1-3H3,(H,24,28)(H,22,25,26). The summed E-state index contributed by atoms with van der Waals surface area (Å²) in [6.07, 6.45) is 3.25. The van der Waals surface area contributed by atoms with Gasteiger partial charge >= 0.3 is 6.01 Å². The van der Waals surface area contributed by atoms with Crippen molar-refractivity contribution in [3.63, 3.8) is 0 Å². The first-order valence-electron chi connectivity index (χ1n) is 9.16. The highest BCUT2D eigenvalue weighted by molar-refractivity contribution is 6.00. The first kappa shape index (κ1) is 19.2. The van der Waals surface area contributed by atoms with Gasteiger partial charge in [-0.2, -0.15) is 9.97 Å². The molecular weight excluding hydrogens is 386 g/mol. The van der Waals surface area contributed by atoms with Crippen LogP contribution in [-0.4, -0.2) is 31.2 Å². The van der Waals surface area contributed by atoms with Gasteiger partial charge in [0, 0.05) is 23.4 Å².